The number of amides is 2. The molecule has 0 saturated carbocycles. The molecule has 0 aliphatic carbocycles. The Hall–Kier alpha value is -3.23. The monoisotopic (exact) mass is 415 g/mol. The van der Waals surface area contributed by atoms with Crippen LogP contribution in [-0.2, 0) is 9.53 Å². The highest BCUT2D eigenvalue weighted by molar-refractivity contribution is 7.12. The molecule has 0 bridgehead atoms. The number of carbonyl (C=O) groups excluding carboxylic acids is 3. The van der Waals surface area contributed by atoms with Gasteiger partial charge in [0.25, 0.3) is 11.8 Å². The van der Waals surface area contributed by atoms with E-state index in [0.29, 0.717) is 21.4 Å². The number of ether oxygens (including phenoxy) is 1. The molecule has 142 valence electrons. The van der Waals surface area contributed by atoms with Crippen LogP contribution in [0.15, 0.2) is 60.1 Å². The summed E-state index contributed by atoms with van der Waals surface area (Å²) in [7, 11) is 0. The van der Waals surface area contributed by atoms with Gasteiger partial charge in [0.1, 0.15) is 5.82 Å². The molecule has 0 aliphatic rings. The van der Waals surface area contributed by atoms with Gasteiger partial charge in [-0.15, -0.1) is 11.3 Å². The van der Waals surface area contributed by atoms with Crippen LogP contribution in [0, 0.1) is 0 Å². The molecular weight excluding hydrogens is 402 g/mol. The van der Waals surface area contributed by atoms with Crippen LogP contribution in [0.2, 0.25) is 5.02 Å². The number of nitrogens with one attached hydrogen (secondary N) is 2. The molecule has 0 fully saturated rings. The highest BCUT2D eigenvalue weighted by Crippen LogP contribution is 2.15. The van der Waals surface area contributed by atoms with Crippen molar-refractivity contribution in [1.29, 1.82) is 0 Å². The lowest BCUT2D eigenvalue weighted by molar-refractivity contribution is -0.119. The maximum absolute atomic E-state index is 12.2. The average Bonchev–Trinajstić information content (AvgIpc) is 3.23. The van der Waals surface area contributed by atoms with Crippen molar-refractivity contribution in [2.45, 2.75) is 0 Å². The Morgan fingerprint density at radius 1 is 1.07 bits per heavy atom. The number of hydrogen-bond donors (Lipinski definition) is 2. The van der Waals surface area contributed by atoms with E-state index in [0.717, 1.165) is 0 Å². The van der Waals surface area contributed by atoms with E-state index >= 15 is 0 Å². The van der Waals surface area contributed by atoms with Crippen LogP contribution in [0.25, 0.3) is 0 Å². The summed E-state index contributed by atoms with van der Waals surface area (Å²) in [4.78, 5) is 40.6. The second-order valence-electron chi connectivity index (χ2n) is 5.50. The summed E-state index contributed by atoms with van der Waals surface area (Å²) in [6.07, 6.45) is 1.39. The molecule has 28 heavy (non-hydrogen) atoms. The average molecular weight is 416 g/mol. The van der Waals surface area contributed by atoms with Gasteiger partial charge in [-0.2, -0.15) is 0 Å². The molecular formula is C19H14ClN3O4S. The Morgan fingerprint density at radius 3 is 2.64 bits per heavy atom. The van der Waals surface area contributed by atoms with Gasteiger partial charge in [0.05, 0.1) is 15.5 Å². The van der Waals surface area contributed by atoms with Crippen molar-refractivity contribution in [3.63, 3.8) is 0 Å². The summed E-state index contributed by atoms with van der Waals surface area (Å²) in [6, 6.07) is 12.9. The van der Waals surface area contributed by atoms with E-state index in [1.165, 1.54) is 35.7 Å². The lowest BCUT2D eigenvalue weighted by Gasteiger charge is -2.08. The van der Waals surface area contributed by atoms with Crippen molar-refractivity contribution in [3.05, 3.63) is 75.6 Å². The zero-order valence-corrected chi connectivity index (χ0v) is 15.9. The van der Waals surface area contributed by atoms with Gasteiger partial charge in [-0.1, -0.05) is 23.7 Å². The zero-order chi connectivity index (χ0) is 19.9. The lowest BCUT2D eigenvalue weighted by Crippen LogP contribution is -2.21. The predicted molar refractivity (Wildman–Crippen MR) is 107 cm³/mol. The van der Waals surface area contributed by atoms with Crippen LogP contribution >= 0.6 is 22.9 Å². The fourth-order valence-electron chi connectivity index (χ4n) is 2.17. The van der Waals surface area contributed by atoms with Crippen LogP contribution in [0.4, 0.5) is 11.5 Å². The van der Waals surface area contributed by atoms with Crippen molar-refractivity contribution < 1.29 is 19.1 Å². The molecule has 2 aromatic heterocycles. The molecule has 0 radical (unpaired) electrons. The second-order valence-corrected chi connectivity index (χ2v) is 6.88. The summed E-state index contributed by atoms with van der Waals surface area (Å²) in [5.41, 5.74) is 0.657. The van der Waals surface area contributed by atoms with Gasteiger partial charge >= 0.3 is 5.97 Å². The Labute approximate surface area is 169 Å². The molecule has 0 aliphatic heterocycles. The first-order valence-electron chi connectivity index (χ1n) is 8.05. The van der Waals surface area contributed by atoms with Crippen LogP contribution in [0.5, 0.6) is 0 Å². The normalized spacial score (nSPS) is 10.2. The van der Waals surface area contributed by atoms with Crippen molar-refractivity contribution >= 4 is 52.2 Å². The minimum atomic E-state index is -0.688. The molecule has 7 nitrogen and oxygen atoms in total. The predicted octanol–water partition coefficient (Wildman–Crippen LogP) is 3.84. The Bertz CT molecular complexity index is 991. The van der Waals surface area contributed by atoms with E-state index in [4.69, 9.17) is 16.3 Å². The Morgan fingerprint density at radius 2 is 1.93 bits per heavy atom. The maximum atomic E-state index is 12.2. The van der Waals surface area contributed by atoms with E-state index in [9.17, 15) is 14.4 Å². The third kappa shape index (κ3) is 5.38. The van der Waals surface area contributed by atoms with Crippen LogP contribution in [-0.4, -0.2) is 29.4 Å². The molecule has 1 aromatic carbocycles. The van der Waals surface area contributed by atoms with Gasteiger partial charge in [0.2, 0.25) is 0 Å². The third-order valence-corrected chi connectivity index (χ3v) is 4.52. The molecule has 0 saturated heterocycles. The van der Waals surface area contributed by atoms with Gasteiger partial charge in [-0.25, -0.2) is 9.78 Å². The number of nitrogens with zero attached hydrogens (tertiary/aromatic N) is 1. The van der Waals surface area contributed by atoms with Crippen molar-refractivity contribution in [2.75, 3.05) is 17.2 Å². The number of carbonyl (C=O) groups is 3. The smallest absolute Gasteiger partial charge is 0.338 e. The van der Waals surface area contributed by atoms with Crippen molar-refractivity contribution in [3.8, 4) is 0 Å². The molecule has 3 aromatic rings. The zero-order valence-electron chi connectivity index (χ0n) is 14.3. The van der Waals surface area contributed by atoms with Gasteiger partial charge in [0, 0.05) is 11.9 Å². The first-order valence-corrected chi connectivity index (χ1v) is 9.30. The number of thiophene rings is 1. The molecule has 2 amide bonds. The van der Waals surface area contributed by atoms with Gasteiger partial charge in [0.15, 0.2) is 6.61 Å². The van der Waals surface area contributed by atoms with E-state index in [2.05, 4.69) is 15.6 Å². The number of halogens is 1. The maximum Gasteiger partial charge on any atom is 0.338 e. The lowest BCUT2D eigenvalue weighted by atomic mass is 10.2. The SMILES string of the molecule is O=C(COC(=O)c1cccc(NC(=O)c2cccs2)c1)Nc1ccc(Cl)cn1. The molecule has 0 unspecified atom stereocenters. The summed E-state index contributed by atoms with van der Waals surface area (Å²) < 4.78 is 5.00. The fraction of sp³-hybridized carbons (Fsp3) is 0.0526. The standard InChI is InChI=1S/C19H14ClN3O4S/c20-13-6-7-16(21-10-13)23-17(24)11-27-19(26)12-3-1-4-14(9-12)22-18(25)15-5-2-8-28-15/h1-10H,11H2,(H,22,25)(H,21,23,24). The highest BCUT2D eigenvalue weighted by atomic mass is 35.5. The molecule has 0 spiro atoms. The van der Waals surface area contributed by atoms with Crippen LogP contribution in [0.3, 0.4) is 0 Å². The number of hydrogen-bond acceptors (Lipinski definition) is 6. The summed E-state index contributed by atoms with van der Waals surface area (Å²) in [5, 5.41) is 7.43. The van der Waals surface area contributed by atoms with Gasteiger partial charge < -0.3 is 15.4 Å². The fourth-order valence-corrected chi connectivity index (χ4v) is 2.90. The van der Waals surface area contributed by atoms with Crippen molar-refractivity contribution in [1.82, 2.24) is 4.98 Å². The molecule has 2 heterocycles. The summed E-state index contributed by atoms with van der Waals surface area (Å²) in [5.74, 6) is -1.20. The molecule has 3 rings (SSSR count). The molecule has 0 atom stereocenters. The number of aromatic nitrogens is 1. The number of anilines is 2. The van der Waals surface area contributed by atoms with Crippen LogP contribution in [0.1, 0.15) is 20.0 Å². The van der Waals surface area contributed by atoms with Gasteiger partial charge in [-0.05, 0) is 41.8 Å². The largest absolute Gasteiger partial charge is 0.452 e. The van der Waals surface area contributed by atoms with E-state index in [-0.39, 0.29) is 11.5 Å². The topological polar surface area (TPSA) is 97.4 Å². The summed E-state index contributed by atoms with van der Waals surface area (Å²) >= 11 is 7.03. The third-order valence-electron chi connectivity index (χ3n) is 3.43. The Kier molecular flexibility index (Phi) is 6.36. The van der Waals surface area contributed by atoms with Gasteiger partial charge in [-0.3, -0.25) is 9.59 Å². The number of esters is 1. The summed E-state index contributed by atoms with van der Waals surface area (Å²) in [6.45, 7) is -0.477. The first-order chi connectivity index (χ1) is 13.5. The van der Waals surface area contributed by atoms with E-state index < -0.39 is 18.5 Å². The second kappa shape index (κ2) is 9.12. The molecule has 2 N–H and O–H groups in total. The van der Waals surface area contributed by atoms with Crippen molar-refractivity contribution in [2.24, 2.45) is 0 Å². The number of rotatable bonds is 6. The molecule has 9 heteroatoms. The van der Waals surface area contributed by atoms with E-state index in [1.807, 2.05) is 0 Å². The minimum Gasteiger partial charge on any atom is -0.452 e. The first kappa shape index (κ1) is 19.5. The number of benzene rings is 1. The minimum absolute atomic E-state index is 0.210. The quantitative estimate of drug-likeness (QED) is 0.596. The van der Waals surface area contributed by atoms with Crippen LogP contribution < -0.4 is 10.6 Å². The Balaban J connectivity index is 1.54. The van der Waals surface area contributed by atoms with E-state index in [1.54, 1.807) is 35.7 Å². The number of pyridine rings is 1. The highest BCUT2D eigenvalue weighted by Gasteiger charge is 2.13.